The quantitative estimate of drug-likeness (QED) is 0.613. The smallest absolute Gasteiger partial charge is 0.372 e. The van der Waals surface area contributed by atoms with Crippen LogP contribution < -0.4 is 4.74 Å². The first-order valence-electron chi connectivity index (χ1n) is 5.50. The van der Waals surface area contributed by atoms with E-state index < -0.39 is 0 Å². The molecule has 0 fully saturated rings. The van der Waals surface area contributed by atoms with E-state index in [9.17, 15) is 9.59 Å². The maximum absolute atomic E-state index is 11.4. The van der Waals surface area contributed by atoms with E-state index in [0.717, 1.165) is 17.3 Å². The molecule has 1 rings (SSSR count). The van der Waals surface area contributed by atoms with Gasteiger partial charge in [0.25, 0.3) is 0 Å². The van der Waals surface area contributed by atoms with E-state index in [1.807, 2.05) is 13.0 Å². The summed E-state index contributed by atoms with van der Waals surface area (Å²) in [5.74, 6) is 0.414. The molecule has 5 heteroatoms. The van der Waals surface area contributed by atoms with E-state index in [1.165, 1.54) is 0 Å². The molecule has 0 heterocycles. The van der Waals surface area contributed by atoms with Crippen molar-refractivity contribution in [3.05, 3.63) is 29.8 Å². The molecule has 0 saturated carbocycles. The minimum absolute atomic E-state index is 0.0168. The Morgan fingerprint density at radius 1 is 1.44 bits per heavy atom. The number of carbonyl (C=O) groups excluding carboxylic acids is 2. The highest BCUT2D eigenvalue weighted by molar-refractivity contribution is 8.12. The zero-order valence-electron chi connectivity index (χ0n) is 10.3. The number of alkyl halides is 1. The third-order valence-corrected chi connectivity index (χ3v) is 3.17. The first-order chi connectivity index (χ1) is 8.56. The van der Waals surface area contributed by atoms with Gasteiger partial charge in [-0.3, -0.25) is 4.79 Å². The van der Waals surface area contributed by atoms with Crippen LogP contribution in [-0.2, 0) is 11.2 Å². The molecule has 0 bridgehead atoms. The van der Waals surface area contributed by atoms with E-state index >= 15 is 0 Å². The molecule has 0 N–H and O–H groups in total. The van der Waals surface area contributed by atoms with Crippen LogP contribution in [0.5, 0.6) is 5.75 Å². The highest BCUT2D eigenvalue weighted by Crippen LogP contribution is 2.18. The van der Waals surface area contributed by atoms with Gasteiger partial charge in [-0.05, 0) is 42.1 Å². The van der Waals surface area contributed by atoms with E-state index in [0.29, 0.717) is 12.2 Å². The topological polar surface area (TPSA) is 43.4 Å². The summed E-state index contributed by atoms with van der Waals surface area (Å²) in [5, 5.41) is -0.350. The number of benzene rings is 1. The predicted octanol–water partition coefficient (Wildman–Crippen LogP) is 3.53. The molecular formula is C13H15ClO3S. The second kappa shape index (κ2) is 7.44. The first-order valence-corrected chi connectivity index (χ1v) is 7.26. The SMILES string of the molecule is CSC(=O)Oc1cccc(CC(C)C(=O)CCl)c1. The standard InChI is InChI=1S/C13H15ClO3S/c1-9(12(15)8-14)6-10-4-3-5-11(7-10)17-13(16)18-2/h3-5,7,9H,6,8H2,1-2H3. The molecule has 1 unspecified atom stereocenters. The molecule has 0 spiro atoms. The van der Waals surface area contributed by atoms with E-state index in [4.69, 9.17) is 16.3 Å². The fourth-order valence-electron chi connectivity index (χ4n) is 1.47. The Morgan fingerprint density at radius 2 is 2.17 bits per heavy atom. The zero-order chi connectivity index (χ0) is 13.5. The lowest BCUT2D eigenvalue weighted by atomic mass is 9.98. The normalized spacial score (nSPS) is 11.9. The summed E-state index contributed by atoms with van der Waals surface area (Å²) in [4.78, 5) is 22.5. The van der Waals surface area contributed by atoms with Crippen molar-refractivity contribution < 1.29 is 14.3 Å². The molecule has 98 valence electrons. The van der Waals surface area contributed by atoms with Gasteiger partial charge in [-0.25, -0.2) is 4.79 Å². The Labute approximate surface area is 116 Å². The van der Waals surface area contributed by atoms with Gasteiger partial charge in [0.2, 0.25) is 0 Å². The molecular weight excluding hydrogens is 272 g/mol. The fraction of sp³-hybridized carbons (Fsp3) is 0.385. The van der Waals surface area contributed by atoms with Crippen LogP contribution in [0.15, 0.2) is 24.3 Å². The summed E-state index contributed by atoms with van der Waals surface area (Å²) < 4.78 is 5.09. The summed E-state index contributed by atoms with van der Waals surface area (Å²) in [6.45, 7) is 1.84. The van der Waals surface area contributed by atoms with Crippen LogP contribution in [0.3, 0.4) is 0 Å². The van der Waals surface area contributed by atoms with Gasteiger partial charge in [-0.2, -0.15) is 0 Å². The Bertz CT molecular complexity index is 434. The minimum Gasteiger partial charge on any atom is -0.418 e. The molecule has 18 heavy (non-hydrogen) atoms. The second-order valence-corrected chi connectivity index (χ2v) is 4.92. The highest BCUT2D eigenvalue weighted by Gasteiger charge is 2.13. The second-order valence-electron chi connectivity index (χ2n) is 3.91. The maximum atomic E-state index is 11.4. The number of ketones is 1. The Kier molecular flexibility index (Phi) is 6.22. The summed E-state index contributed by atoms with van der Waals surface area (Å²) in [5.41, 5.74) is 0.951. The van der Waals surface area contributed by atoms with Gasteiger partial charge in [-0.1, -0.05) is 19.1 Å². The number of rotatable bonds is 5. The highest BCUT2D eigenvalue weighted by atomic mass is 35.5. The molecule has 0 aliphatic carbocycles. The minimum atomic E-state index is -0.350. The number of thioether (sulfide) groups is 1. The molecule has 1 aromatic carbocycles. The van der Waals surface area contributed by atoms with Gasteiger partial charge in [-0.15, -0.1) is 11.6 Å². The lowest BCUT2D eigenvalue weighted by Crippen LogP contribution is -2.14. The Hall–Kier alpha value is -1.00. The average Bonchev–Trinajstić information content (AvgIpc) is 2.37. The maximum Gasteiger partial charge on any atom is 0.372 e. The van der Waals surface area contributed by atoms with Gasteiger partial charge < -0.3 is 4.74 Å². The Balaban J connectivity index is 2.70. The van der Waals surface area contributed by atoms with E-state index in [1.54, 1.807) is 24.5 Å². The number of hydrogen-bond donors (Lipinski definition) is 0. The van der Waals surface area contributed by atoms with E-state index in [2.05, 4.69) is 0 Å². The van der Waals surface area contributed by atoms with Gasteiger partial charge in [0.1, 0.15) is 5.75 Å². The first kappa shape index (κ1) is 15.1. The molecule has 3 nitrogen and oxygen atoms in total. The Morgan fingerprint density at radius 3 is 2.78 bits per heavy atom. The van der Waals surface area contributed by atoms with Crippen molar-refractivity contribution in [2.45, 2.75) is 13.3 Å². The summed E-state index contributed by atoms with van der Waals surface area (Å²) >= 11 is 6.53. The average molecular weight is 287 g/mol. The van der Waals surface area contributed by atoms with Crippen LogP contribution >= 0.6 is 23.4 Å². The van der Waals surface area contributed by atoms with Crippen LogP contribution in [0.2, 0.25) is 0 Å². The van der Waals surface area contributed by atoms with Crippen LogP contribution in [0.25, 0.3) is 0 Å². The molecule has 0 radical (unpaired) electrons. The molecule has 0 aliphatic rings. The molecule has 0 aliphatic heterocycles. The number of carbonyl (C=O) groups is 2. The van der Waals surface area contributed by atoms with Crippen molar-refractivity contribution in [2.75, 3.05) is 12.1 Å². The van der Waals surface area contributed by atoms with Crippen LogP contribution in [0.1, 0.15) is 12.5 Å². The summed E-state index contributed by atoms with van der Waals surface area (Å²) in [6, 6.07) is 7.18. The summed E-state index contributed by atoms with van der Waals surface area (Å²) in [6.07, 6.45) is 2.25. The third-order valence-electron chi connectivity index (χ3n) is 2.49. The zero-order valence-corrected chi connectivity index (χ0v) is 11.9. The molecule has 0 amide bonds. The van der Waals surface area contributed by atoms with Gasteiger partial charge >= 0.3 is 5.30 Å². The largest absolute Gasteiger partial charge is 0.418 e. The number of ether oxygens (including phenoxy) is 1. The molecule has 1 atom stereocenters. The number of Topliss-reactive ketones (excluding diaryl/α,β-unsaturated/α-hetero) is 1. The van der Waals surface area contributed by atoms with Crippen molar-refractivity contribution in [1.82, 2.24) is 0 Å². The van der Waals surface area contributed by atoms with Crippen LogP contribution in [0, 0.1) is 5.92 Å². The number of hydrogen-bond acceptors (Lipinski definition) is 4. The number of halogens is 1. The van der Waals surface area contributed by atoms with Gasteiger partial charge in [0.05, 0.1) is 5.88 Å². The predicted molar refractivity (Wildman–Crippen MR) is 74.6 cm³/mol. The van der Waals surface area contributed by atoms with Crippen LogP contribution in [-0.4, -0.2) is 23.2 Å². The monoisotopic (exact) mass is 286 g/mol. The van der Waals surface area contributed by atoms with Crippen molar-refractivity contribution in [3.8, 4) is 5.75 Å². The van der Waals surface area contributed by atoms with Gasteiger partial charge in [0, 0.05) is 5.92 Å². The molecule has 0 saturated heterocycles. The molecule has 1 aromatic rings. The lowest BCUT2D eigenvalue weighted by molar-refractivity contribution is -0.119. The van der Waals surface area contributed by atoms with Crippen molar-refractivity contribution >= 4 is 34.4 Å². The van der Waals surface area contributed by atoms with E-state index in [-0.39, 0.29) is 22.9 Å². The van der Waals surface area contributed by atoms with Gasteiger partial charge in [0.15, 0.2) is 5.78 Å². The van der Waals surface area contributed by atoms with Crippen molar-refractivity contribution in [1.29, 1.82) is 0 Å². The summed E-state index contributed by atoms with van der Waals surface area (Å²) in [7, 11) is 0. The third kappa shape index (κ3) is 4.70. The molecule has 0 aromatic heterocycles. The van der Waals surface area contributed by atoms with Crippen molar-refractivity contribution in [3.63, 3.8) is 0 Å². The fourth-order valence-corrected chi connectivity index (χ4v) is 1.92. The van der Waals surface area contributed by atoms with Crippen molar-refractivity contribution in [2.24, 2.45) is 5.92 Å². The van der Waals surface area contributed by atoms with Crippen LogP contribution in [0.4, 0.5) is 4.79 Å². The lowest BCUT2D eigenvalue weighted by Gasteiger charge is -2.09.